The van der Waals surface area contributed by atoms with Crippen molar-refractivity contribution in [1.82, 2.24) is 0 Å². The van der Waals surface area contributed by atoms with Crippen LogP contribution in [0.2, 0.25) is 0 Å². The monoisotopic (exact) mass is 896 g/mol. The van der Waals surface area contributed by atoms with Gasteiger partial charge in [0.2, 0.25) is 0 Å². The van der Waals surface area contributed by atoms with Crippen molar-refractivity contribution < 1.29 is 0 Å². The predicted molar refractivity (Wildman–Crippen MR) is 297 cm³/mol. The summed E-state index contributed by atoms with van der Waals surface area (Å²) in [5.74, 6) is 0. The van der Waals surface area contributed by atoms with Crippen LogP contribution >= 0.6 is 0 Å². The molecule has 0 fully saturated rings. The Morgan fingerprint density at radius 3 is 1.10 bits per heavy atom. The van der Waals surface area contributed by atoms with Crippen molar-refractivity contribution >= 4 is 55.7 Å². The van der Waals surface area contributed by atoms with E-state index in [4.69, 9.17) is 0 Å². The molecule has 0 radical (unpaired) electrons. The number of benzene rings is 11. The normalized spacial score (nSPS) is 14.2. The highest BCUT2D eigenvalue weighted by Crippen LogP contribution is 2.58. The molecule has 0 unspecified atom stereocenters. The highest BCUT2D eigenvalue weighted by Gasteiger charge is 2.40. The highest BCUT2D eigenvalue weighted by atomic mass is 15.2. The van der Waals surface area contributed by atoms with Crippen LogP contribution < -0.4 is 9.80 Å². The maximum absolute atomic E-state index is 2.51. The molecule has 334 valence electrons. The summed E-state index contributed by atoms with van der Waals surface area (Å²) in [5.41, 5.74) is 21.6. The summed E-state index contributed by atoms with van der Waals surface area (Å²) in [6.45, 7) is 9.54. The van der Waals surface area contributed by atoms with E-state index in [9.17, 15) is 0 Å². The first-order valence-corrected chi connectivity index (χ1v) is 24.6. The Hall–Kier alpha value is -8.46. The van der Waals surface area contributed by atoms with E-state index in [2.05, 4.69) is 280 Å². The average Bonchev–Trinajstić information content (AvgIpc) is 3.41. The fourth-order valence-corrected chi connectivity index (χ4v) is 12.0. The van der Waals surface area contributed by atoms with Gasteiger partial charge in [-0.2, -0.15) is 0 Å². The quantitative estimate of drug-likeness (QED) is 0.153. The van der Waals surface area contributed by atoms with Gasteiger partial charge in [-0.3, -0.25) is 0 Å². The second kappa shape index (κ2) is 16.1. The molecular formula is C68H52N2. The van der Waals surface area contributed by atoms with Crippen molar-refractivity contribution in [2.24, 2.45) is 0 Å². The molecule has 13 rings (SSSR count). The van der Waals surface area contributed by atoms with Crippen LogP contribution in [0, 0.1) is 0 Å². The number of rotatable bonds is 6. The number of nitrogens with zero attached hydrogens (tertiary/aromatic N) is 2. The Morgan fingerprint density at radius 1 is 0.271 bits per heavy atom. The van der Waals surface area contributed by atoms with E-state index >= 15 is 0 Å². The van der Waals surface area contributed by atoms with Crippen LogP contribution in [0.4, 0.5) is 34.1 Å². The summed E-state index contributed by atoms with van der Waals surface area (Å²) >= 11 is 0. The van der Waals surface area contributed by atoms with Gasteiger partial charge in [0, 0.05) is 33.3 Å². The first kappa shape index (κ1) is 41.7. The summed E-state index contributed by atoms with van der Waals surface area (Å²) in [6.07, 6.45) is 0. The fraction of sp³-hybridized carbons (Fsp3) is 0.0882. The number of anilines is 6. The van der Waals surface area contributed by atoms with Gasteiger partial charge < -0.3 is 9.80 Å². The van der Waals surface area contributed by atoms with Crippen LogP contribution in [0.15, 0.2) is 243 Å². The van der Waals surface area contributed by atoms with Gasteiger partial charge in [0.1, 0.15) is 0 Å². The van der Waals surface area contributed by atoms with E-state index in [1.54, 1.807) is 0 Å². The van der Waals surface area contributed by atoms with Gasteiger partial charge in [0.15, 0.2) is 0 Å². The SMILES string of the molecule is CC1(C)c2ccccc2N(c2ccccc2)c2c(-c3cccc4c(-c5ccc(-c6ccccc6)cc5)c5cccc(-c6cccc7c6N(c6ccccc6)c6ccccc6C7(C)C)c5cc34)cccc21. The Balaban J connectivity index is 1.12. The minimum absolute atomic E-state index is 0.243. The first-order valence-electron chi connectivity index (χ1n) is 24.6. The van der Waals surface area contributed by atoms with E-state index < -0.39 is 0 Å². The van der Waals surface area contributed by atoms with Crippen LogP contribution in [0.5, 0.6) is 0 Å². The van der Waals surface area contributed by atoms with Crippen LogP contribution in [0.1, 0.15) is 49.9 Å². The molecule has 11 aromatic carbocycles. The molecule has 0 amide bonds. The summed E-state index contributed by atoms with van der Waals surface area (Å²) in [4.78, 5) is 5.02. The Bertz CT molecular complexity index is 3600. The number of fused-ring (bicyclic) bond motifs is 6. The molecule has 0 bridgehead atoms. The van der Waals surface area contributed by atoms with Crippen LogP contribution in [-0.4, -0.2) is 0 Å². The molecule has 0 spiro atoms. The molecule has 2 aliphatic heterocycles. The molecular weight excluding hydrogens is 845 g/mol. The van der Waals surface area contributed by atoms with Gasteiger partial charge in [-0.05, 0) is 120 Å². The molecule has 0 saturated carbocycles. The average molecular weight is 897 g/mol. The Labute approximate surface area is 411 Å². The summed E-state index contributed by atoms with van der Waals surface area (Å²) in [5, 5.41) is 4.89. The van der Waals surface area contributed by atoms with Gasteiger partial charge in [0.05, 0.1) is 22.7 Å². The van der Waals surface area contributed by atoms with Gasteiger partial charge in [-0.15, -0.1) is 0 Å². The van der Waals surface area contributed by atoms with Gasteiger partial charge in [-0.1, -0.05) is 228 Å². The maximum atomic E-state index is 2.51. The van der Waals surface area contributed by atoms with Crippen LogP contribution in [0.25, 0.3) is 66.1 Å². The zero-order chi connectivity index (χ0) is 47.1. The highest BCUT2D eigenvalue weighted by molar-refractivity contribution is 6.20. The molecule has 2 heteroatoms. The fourth-order valence-electron chi connectivity index (χ4n) is 12.0. The van der Waals surface area contributed by atoms with Gasteiger partial charge >= 0.3 is 0 Å². The minimum atomic E-state index is -0.243. The maximum Gasteiger partial charge on any atom is 0.0581 e. The standard InChI is InChI=1S/C68H52N2/c1-67(2)58-34-14-16-38-62(58)69(48-24-10-6-11-25-48)65-54(32-20-36-60(65)67)50-28-18-30-52-56(50)44-57-51(29-19-31-53(57)64(52)47-42-40-46(41-43-47)45-22-8-5-9-23-45)55-33-21-37-61-66(55)70(49-26-12-7-13-27-49)63-39-17-15-35-59(63)68(61,3)4/h5-44H,1-4H3. The van der Waals surface area contributed by atoms with Crippen molar-refractivity contribution in [3.05, 3.63) is 265 Å². The van der Waals surface area contributed by atoms with Crippen LogP contribution in [-0.2, 0) is 10.8 Å². The summed E-state index contributed by atoms with van der Waals surface area (Å²) in [7, 11) is 0. The van der Waals surface area contributed by atoms with E-state index in [0.29, 0.717) is 0 Å². The number of hydrogen-bond donors (Lipinski definition) is 0. The third-order valence-electron chi connectivity index (χ3n) is 15.4. The summed E-state index contributed by atoms with van der Waals surface area (Å²) in [6, 6.07) is 90.1. The smallest absolute Gasteiger partial charge is 0.0581 e. The number of para-hydroxylation sites is 6. The molecule has 0 atom stereocenters. The molecule has 2 heterocycles. The van der Waals surface area contributed by atoms with E-state index in [1.165, 1.54) is 111 Å². The molecule has 2 aliphatic rings. The Kier molecular flexibility index (Phi) is 9.58. The third kappa shape index (κ3) is 6.33. The van der Waals surface area contributed by atoms with E-state index in [1.807, 2.05) is 0 Å². The van der Waals surface area contributed by atoms with E-state index in [0.717, 1.165) is 11.4 Å². The third-order valence-corrected chi connectivity index (χ3v) is 15.4. The van der Waals surface area contributed by atoms with Gasteiger partial charge in [-0.25, -0.2) is 0 Å². The lowest BCUT2D eigenvalue weighted by Gasteiger charge is -2.43. The lowest BCUT2D eigenvalue weighted by molar-refractivity contribution is 0.632. The zero-order valence-corrected chi connectivity index (χ0v) is 40.0. The molecule has 2 nitrogen and oxygen atoms in total. The topological polar surface area (TPSA) is 6.48 Å². The summed E-state index contributed by atoms with van der Waals surface area (Å²) < 4.78 is 0. The first-order chi connectivity index (χ1) is 34.3. The van der Waals surface area contributed by atoms with Crippen LogP contribution in [0.3, 0.4) is 0 Å². The zero-order valence-electron chi connectivity index (χ0n) is 40.0. The second-order valence-electron chi connectivity index (χ2n) is 20.0. The largest absolute Gasteiger partial charge is 0.309 e. The Morgan fingerprint density at radius 2 is 0.629 bits per heavy atom. The lowest BCUT2D eigenvalue weighted by atomic mass is 9.72. The van der Waals surface area contributed by atoms with Crippen molar-refractivity contribution in [3.63, 3.8) is 0 Å². The molecule has 0 saturated heterocycles. The second-order valence-corrected chi connectivity index (χ2v) is 20.0. The van der Waals surface area contributed by atoms with Gasteiger partial charge in [0.25, 0.3) is 0 Å². The molecule has 70 heavy (non-hydrogen) atoms. The van der Waals surface area contributed by atoms with E-state index in [-0.39, 0.29) is 10.8 Å². The van der Waals surface area contributed by atoms with Crippen molar-refractivity contribution in [2.45, 2.75) is 38.5 Å². The molecule has 0 aliphatic carbocycles. The molecule has 11 aromatic rings. The predicted octanol–water partition coefficient (Wildman–Crippen LogP) is 18.9. The van der Waals surface area contributed by atoms with Crippen molar-refractivity contribution in [2.75, 3.05) is 9.80 Å². The van der Waals surface area contributed by atoms with Crippen molar-refractivity contribution in [3.8, 4) is 44.5 Å². The lowest BCUT2D eigenvalue weighted by Crippen LogP contribution is -2.31. The number of hydrogen-bond acceptors (Lipinski definition) is 2. The molecule has 0 N–H and O–H groups in total. The molecule has 0 aromatic heterocycles. The van der Waals surface area contributed by atoms with Crippen molar-refractivity contribution in [1.29, 1.82) is 0 Å². The minimum Gasteiger partial charge on any atom is -0.309 e.